The molecule has 0 saturated heterocycles. The van der Waals surface area contributed by atoms with Gasteiger partial charge in [-0.1, -0.05) is 54.6 Å². The molecule has 0 amide bonds. The molecule has 0 saturated carbocycles. The minimum atomic E-state index is -4.40. The summed E-state index contributed by atoms with van der Waals surface area (Å²) in [7, 11) is -8.17. The Labute approximate surface area is 194 Å². The van der Waals surface area contributed by atoms with Crippen LogP contribution in [0.15, 0.2) is 77.0 Å². The van der Waals surface area contributed by atoms with Crippen molar-refractivity contribution in [2.24, 2.45) is 0 Å². The summed E-state index contributed by atoms with van der Waals surface area (Å²) >= 11 is 6.04. The summed E-state index contributed by atoms with van der Waals surface area (Å²) < 4.78 is 59.2. The highest BCUT2D eigenvalue weighted by Crippen LogP contribution is 2.36. The highest BCUT2D eigenvalue weighted by atomic mass is 35.5. The number of halogens is 1. The van der Waals surface area contributed by atoms with Crippen LogP contribution in [0.4, 0.5) is 0 Å². The zero-order valence-corrected chi connectivity index (χ0v) is 19.9. The summed E-state index contributed by atoms with van der Waals surface area (Å²) in [5.74, 6) is 0. The van der Waals surface area contributed by atoms with Crippen LogP contribution in [-0.4, -0.2) is 31.8 Å². The predicted octanol–water partition coefficient (Wildman–Crippen LogP) is 5.24. The second-order valence-corrected chi connectivity index (χ2v) is 11.4. The van der Waals surface area contributed by atoms with Gasteiger partial charge in [-0.05, 0) is 72.9 Å². The van der Waals surface area contributed by atoms with Crippen molar-refractivity contribution in [2.75, 3.05) is 6.54 Å². The molecule has 32 heavy (non-hydrogen) atoms. The maximum absolute atomic E-state index is 12.5. The summed E-state index contributed by atoms with van der Waals surface area (Å²) in [5, 5.41) is 0. The van der Waals surface area contributed by atoms with Gasteiger partial charge in [0.1, 0.15) is 4.90 Å². The smallest absolute Gasteiger partial charge is 0.282 e. The summed E-state index contributed by atoms with van der Waals surface area (Å²) in [6.07, 6.45) is 1.54. The third kappa shape index (κ3) is 5.39. The number of aryl methyl sites for hydroxylation is 1. The number of fused-ring (bicyclic) bond motifs is 1. The summed E-state index contributed by atoms with van der Waals surface area (Å²) in [5.41, 5.74) is 3.59. The van der Waals surface area contributed by atoms with E-state index >= 15 is 0 Å². The van der Waals surface area contributed by atoms with Gasteiger partial charge in [-0.15, -0.1) is 3.82 Å². The standard InChI is InChI=1S/C23H24ClNO5S2/c1-17(2)18-11-13-21-19(16-23(32(28,29)30)22(21)14-12-18)8-6-7-15-25(24)31(26,27)20-9-4-3-5-10-20/h3-5,9-14,16H,1,6-8,15H2,2H3,(H,28,29,30). The van der Waals surface area contributed by atoms with Gasteiger partial charge in [-0.25, -0.2) is 8.42 Å². The molecule has 0 spiro atoms. The van der Waals surface area contributed by atoms with Gasteiger partial charge in [-0.2, -0.15) is 8.42 Å². The maximum atomic E-state index is 12.5. The van der Waals surface area contributed by atoms with Crippen molar-refractivity contribution in [3.8, 4) is 11.1 Å². The van der Waals surface area contributed by atoms with Crippen molar-refractivity contribution in [1.82, 2.24) is 3.82 Å². The highest BCUT2D eigenvalue weighted by Gasteiger charge is 2.24. The quantitative estimate of drug-likeness (QED) is 0.250. The first-order valence-electron chi connectivity index (χ1n) is 9.94. The van der Waals surface area contributed by atoms with Gasteiger partial charge in [0.15, 0.2) is 0 Å². The molecule has 0 heterocycles. The Balaban J connectivity index is 1.76. The van der Waals surface area contributed by atoms with Crippen LogP contribution in [0.5, 0.6) is 0 Å². The fourth-order valence-corrected chi connectivity index (χ4v) is 5.68. The summed E-state index contributed by atoms with van der Waals surface area (Å²) in [6, 6.07) is 16.5. The van der Waals surface area contributed by atoms with Crippen molar-refractivity contribution in [2.45, 2.75) is 36.0 Å². The number of nitrogens with zero attached hydrogens (tertiary/aromatic N) is 1. The first-order valence-corrected chi connectivity index (χ1v) is 13.2. The van der Waals surface area contributed by atoms with Gasteiger partial charge in [0.05, 0.1) is 4.90 Å². The molecule has 9 heteroatoms. The van der Waals surface area contributed by atoms with E-state index in [-0.39, 0.29) is 16.3 Å². The molecular formula is C23H24ClNO5S2. The van der Waals surface area contributed by atoms with Gasteiger partial charge < -0.3 is 0 Å². The molecular weight excluding hydrogens is 470 g/mol. The molecule has 3 rings (SSSR count). The van der Waals surface area contributed by atoms with Crippen molar-refractivity contribution >= 4 is 37.5 Å². The Morgan fingerprint density at radius 1 is 0.969 bits per heavy atom. The molecule has 6 nitrogen and oxygen atoms in total. The molecule has 0 fully saturated rings. The first kappa shape index (κ1) is 24.4. The molecule has 170 valence electrons. The molecule has 0 atom stereocenters. The van der Waals surface area contributed by atoms with E-state index in [1.165, 1.54) is 18.2 Å². The van der Waals surface area contributed by atoms with E-state index in [1.54, 1.807) is 30.3 Å². The fraction of sp³-hybridized carbons (Fsp3) is 0.217. The lowest BCUT2D eigenvalue weighted by atomic mass is 10.0. The van der Waals surface area contributed by atoms with Gasteiger partial charge >= 0.3 is 0 Å². The SMILES string of the molecule is C=C(C)c1ccc2c(CCCCN(Cl)S(=O)(=O)c3ccccc3)cc(S(=O)(=O)O)c-2cc1. The number of benzene rings is 1. The van der Waals surface area contributed by atoms with Crippen LogP contribution in [0.2, 0.25) is 0 Å². The lowest BCUT2D eigenvalue weighted by molar-refractivity contribution is 0.483. The lowest BCUT2D eigenvalue weighted by Crippen LogP contribution is -2.23. The van der Waals surface area contributed by atoms with Crippen molar-refractivity contribution in [1.29, 1.82) is 0 Å². The zero-order valence-electron chi connectivity index (χ0n) is 17.5. The van der Waals surface area contributed by atoms with E-state index < -0.39 is 20.1 Å². The van der Waals surface area contributed by atoms with Crippen molar-refractivity contribution in [3.05, 3.63) is 78.4 Å². The van der Waals surface area contributed by atoms with Gasteiger partial charge in [0.2, 0.25) is 0 Å². The number of rotatable bonds is 9. The van der Waals surface area contributed by atoms with Crippen LogP contribution in [0, 0.1) is 0 Å². The van der Waals surface area contributed by atoms with Gasteiger partial charge in [-0.3, -0.25) is 4.55 Å². The Hall–Kier alpha value is -2.23. The van der Waals surface area contributed by atoms with Crippen LogP contribution in [0.25, 0.3) is 16.7 Å². The number of allylic oxidation sites excluding steroid dienone is 1. The maximum Gasteiger partial charge on any atom is 0.295 e. The average molecular weight is 494 g/mol. The molecule has 0 unspecified atom stereocenters. The van der Waals surface area contributed by atoms with Gasteiger partial charge in [0.25, 0.3) is 20.1 Å². The monoisotopic (exact) mass is 493 g/mol. The number of sulfonamides is 1. The Morgan fingerprint density at radius 3 is 2.19 bits per heavy atom. The number of hydrogen-bond donors (Lipinski definition) is 1. The number of hydrogen-bond acceptors (Lipinski definition) is 4. The van der Waals surface area contributed by atoms with Crippen molar-refractivity contribution < 1.29 is 21.4 Å². The molecule has 2 aliphatic carbocycles. The Morgan fingerprint density at radius 2 is 1.59 bits per heavy atom. The van der Waals surface area contributed by atoms with Crippen molar-refractivity contribution in [3.63, 3.8) is 0 Å². The third-order valence-corrected chi connectivity index (χ3v) is 8.35. The van der Waals surface area contributed by atoms with E-state index in [0.717, 1.165) is 20.5 Å². The average Bonchev–Trinajstić information content (AvgIpc) is 2.94. The minimum Gasteiger partial charge on any atom is -0.282 e. The van der Waals surface area contributed by atoms with E-state index in [0.29, 0.717) is 30.4 Å². The van der Waals surface area contributed by atoms with Crippen LogP contribution >= 0.6 is 11.8 Å². The summed E-state index contributed by atoms with van der Waals surface area (Å²) in [4.78, 5) is -0.0207. The van der Waals surface area contributed by atoms with Crippen LogP contribution in [0.1, 0.15) is 30.9 Å². The normalized spacial score (nSPS) is 12.4. The Bertz CT molecular complexity index is 1310. The lowest BCUT2D eigenvalue weighted by Gasteiger charge is -2.14. The number of unbranched alkanes of at least 4 members (excludes halogenated alkanes) is 1. The zero-order chi connectivity index (χ0) is 23.5. The molecule has 0 aromatic heterocycles. The fourth-order valence-electron chi connectivity index (χ4n) is 3.47. The Kier molecular flexibility index (Phi) is 7.42. The van der Waals surface area contributed by atoms with E-state index in [1.807, 2.05) is 19.1 Å². The molecule has 0 radical (unpaired) electrons. The van der Waals surface area contributed by atoms with Crippen LogP contribution < -0.4 is 0 Å². The first-order chi connectivity index (χ1) is 15.0. The van der Waals surface area contributed by atoms with E-state index in [4.69, 9.17) is 11.8 Å². The molecule has 1 aromatic carbocycles. The van der Waals surface area contributed by atoms with Crippen LogP contribution in [0.3, 0.4) is 0 Å². The topological polar surface area (TPSA) is 91.8 Å². The minimum absolute atomic E-state index is 0.107. The van der Waals surface area contributed by atoms with Crippen LogP contribution in [-0.2, 0) is 26.6 Å². The molecule has 2 aliphatic rings. The highest BCUT2D eigenvalue weighted by molar-refractivity contribution is 7.90. The third-order valence-electron chi connectivity index (χ3n) is 5.17. The molecule has 0 aliphatic heterocycles. The van der Waals surface area contributed by atoms with E-state index in [2.05, 4.69) is 6.58 Å². The second kappa shape index (κ2) is 9.72. The molecule has 0 bridgehead atoms. The van der Waals surface area contributed by atoms with Gasteiger partial charge in [0, 0.05) is 12.1 Å². The second-order valence-electron chi connectivity index (χ2n) is 7.53. The largest absolute Gasteiger partial charge is 0.295 e. The molecule has 1 N–H and O–H groups in total. The van der Waals surface area contributed by atoms with E-state index in [9.17, 15) is 21.4 Å². The molecule has 1 aromatic rings. The summed E-state index contributed by atoms with van der Waals surface area (Å²) in [6.45, 7) is 5.87. The predicted molar refractivity (Wildman–Crippen MR) is 127 cm³/mol.